The first-order valence-corrected chi connectivity index (χ1v) is 7.84. The number of hydrogen-bond acceptors (Lipinski definition) is 4. The van der Waals surface area contributed by atoms with Gasteiger partial charge in [-0.2, -0.15) is 0 Å². The normalized spacial score (nSPS) is 19.1. The van der Waals surface area contributed by atoms with Gasteiger partial charge < -0.3 is 9.57 Å². The molecule has 0 saturated heterocycles. The predicted octanol–water partition coefficient (Wildman–Crippen LogP) is 4.24. The number of hydrogen-bond donors (Lipinski definition) is 0. The first kappa shape index (κ1) is 18.0. The minimum absolute atomic E-state index is 0.149. The fourth-order valence-corrected chi connectivity index (χ4v) is 2.89. The van der Waals surface area contributed by atoms with Crippen LogP contribution in [0.4, 0.5) is 13.2 Å². The maximum atomic E-state index is 13.5. The van der Waals surface area contributed by atoms with Crippen LogP contribution in [0.5, 0.6) is 0 Å². The van der Waals surface area contributed by atoms with Crippen molar-refractivity contribution in [2.75, 3.05) is 7.11 Å². The van der Waals surface area contributed by atoms with Crippen molar-refractivity contribution in [3.63, 3.8) is 0 Å². The third kappa shape index (κ3) is 3.05. The van der Waals surface area contributed by atoms with Crippen molar-refractivity contribution in [3.8, 4) is 0 Å². The van der Waals surface area contributed by atoms with Gasteiger partial charge in [0.25, 0.3) is 0 Å². The molecule has 0 radical (unpaired) electrons. The number of oxime groups is 1. The molecule has 3 rings (SSSR count). The summed E-state index contributed by atoms with van der Waals surface area (Å²) in [7, 11) is 1.30. The van der Waals surface area contributed by atoms with Gasteiger partial charge in [-0.1, -0.05) is 11.2 Å². The summed E-state index contributed by atoms with van der Waals surface area (Å²) in [5, 5.41) is 4.01. The van der Waals surface area contributed by atoms with E-state index in [0.717, 1.165) is 12.1 Å². The Morgan fingerprint density at radius 1 is 1.19 bits per heavy atom. The Morgan fingerprint density at radius 3 is 2.42 bits per heavy atom. The molecule has 0 amide bonds. The summed E-state index contributed by atoms with van der Waals surface area (Å²) < 4.78 is 45.0. The molecule has 0 fully saturated rings. The van der Waals surface area contributed by atoms with Gasteiger partial charge in [-0.25, -0.2) is 18.0 Å². The number of esters is 1. The second-order valence-corrected chi connectivity index (χ2v) is 6.31. The highest BCUT2D eigenvalue weighted by atomic mass is 19.2. The van der Waals surface area contributed by atoms with Crippen LogP contribution in [0.15, 0.2) is 35.5 Å². The Hall–Kier alpha value is -2.83. The van der Waals surface area contributed by atoms with E-state index in [1.165, 1.54) is 7.11 Å². The summed E-state index contributed by atoms with van der Waals surface area (Å²) in [5.74, 6) is -4.53. The molecule has 0 aromatic heterocycles. The number of nitrogens with zero attached hydrogens (tertiary/aromatic N) is 1. The molecular formula is C19H16F3NO3. The maximum absolute atomic E-state index is 13.5. The summed E-state index contributed by atoms with van der Waals surface area (Å²) in [4.78, 5) is 17.1. The molecule has 26 heavy (non-hydrogen) atoms. The molecule has 1 atom stereocenters. The molecule has 1 aliphatic rings. The van der Waals surface area contributed by atoms with Gasteiger partial charge in [-0.15, -0.1) is 0 Å². The van der Waals surface area contributed by atoms with E-state index in [0.29, 0.717) is 22.4 Å². The van der Waals surface area contributed by atoms with Gasteiger partial charge in [-0.3, -0.25) is 0 Å². The number of methoxy groups -OCH3 is 1. The van der Waals surface area contributed by atoms with Gasteiger partial charge in [0.15, 0.2) is 23.1 Å². The molecule has 0 N–H and O–H groups in total. The first-order valence-electron chi connectivity index (χ1n) is 7.84. The van der Waals surface area contributed by atoms with Gasteiger partial charge in [0.2, 0.25) is 0 Å². The van der Waals surface area contributed by atoms with Crippen molar-refractivity contribution in [1.82, 2.24) is 0 Å². The molecule has 136 valence electrons. The monoisotopic (exact) mass is 363 g/mol. The zero-order chi connectivity index (χ0) is 19.1. The minimum atomic E-state index is -1.52. The third-order valence-corrected chi connectivity index (χ3v) is 4.42. The molecular weight excluding hydrogens is 347 g/mol. The van der Waals surface area contributed by atoms with E-state index in [-0.39, 0.29) is 12.0 Å². The van der Waals surface area contributed by atoms with Crippen molar-refractivity contribution in [2.45, 2.75) is 25.9 Å². The lowest BCUT2D eigenvalue weighted by Gasteiger charge is -2.22. The van der Waals surface area contributed by atoms with Crippen molar-refractivity contribution in [1.29, 1.82) is 0 Å². The predicted molar refractivity (Wildman–Crippen MR) is 88.4 cm³/mol. The minimum Gasteiger partial charge on any atom is -0.465 e. The molecule has 1 heterocycles. The van der Waals surface area contributed by atoms with E-state index in [1.807, 2.05) is 0 Å². The highest BCUT2D eigenvalue weighted by Crippen LogP contribution is 2.37. The van der Waals surface area contributed by atoms with Crippen molar-refractivity contribution in [2.24, 2.45) is 5.16 Å². The number of rotatable bonds is 3. The smallest absolute Gasteiger partial charge is 0.338 e. The number of carbonyl (C=O) groups excluding carboxylic acids is 1. The highest BCUT2D eigenvalue weighted by molar-refractivity contribution is 6.03. The largest absolute Gasteiger partial charge is 0.465 e. The van der Waals surface area contributed by atoms with E-state index in [9.17, 15) is 18.0 Å². The van der Waals surface area contributed by atoms with Crippen LogP contribution in [0.3, 0.4) is 0 Å². The molecule has 2 aromatic carbocycles. The Kier molecular flexibility index (Phi) is 4.48. The second kappa shape index (κ2) is 6.48. The maximum Gasteiger partial charge on any atom is 0.338 e. The van der Waals surface area contributed by atoms with Crippen molar-refractivity contribution >= 4 is 11.7 Å². The summed E-state index contributed by atoms with van der Waals surface area (Å²) in [6, 6.07) is 6.88. The fraction of sp³-hybridized carbons (Fsp3) is 0.263. The number of carbonyl (C=O) groups is 1. The van der Waals surface area contributed by atoms with Crippen LogP contribution in [-0.2, 0) is 15.2 Å². The van der Waals surface area contributed by atoms with Crippen molar-refractivity contribution < 1.29 is 27.5 Å². The van der Waals surface area contributed by atoms with Gasteiger partial charge in [0.1, 0.15) is 0 Å². The van der Waals surface area contributed by atoms with E-state index >= 15 is 0 Å². The molecule has 0 saturated carbocycles. The Morgan fingerprint density at radius 2 is 1.85 bits per heavy atom. The molecule has 1 aliphatic heterocycles. The van der Waals surface area contributed by atoms with Gasteiger partial charge >= 0.3 is 5.97 Å². The third-order valence-electron chi connectivity index (χ3n) is 4.42. The molecule has 1 unspecified atom stereocenters. The lowest BCUT2D eigenvalue weighted by Crippen LogP contribution is -2.23. The Bertz CT molecular complexity index is 903. The number of halogens is 3. The SMILES string of the molecule is COC(=O)c1ccc(C2=NOC(C)(c3cc(F)c(F)c(F)c3)C2)cc1C. The molecule has 7 heteroatoms. The number of aryl methyl sites for hydroxylation is 1. The average molecular weight is 363 g/mol. The molecule has 2 aromatic rings. The average Bonchev–Trinajstić information content (AvgIpc) is 3.02. The fourth-order valence-electron chi connectivity index (χ4n) is 2.89. The lowest BCUT2D eigenvalue weighted by molar-refractivity contribution is -0.00794. The topological polar surface area (TPSA) is 47.9 Å². The van der Waals surface area contributed by atoms with Gasteiger partial charge in [0.05, 0.1) is 18.4 Å². The summed E-state index contributed by atoms with van der Waals surface area (Å²) in [6.45, 7) is 3.38. The summed E-state index contributed by atoms with van der Waals surface area (Å²) >= 11 is 0. The van der Waals surface area contributed by atoms with E-state index in [2.05, 4.69) is 5.16 Å². The van der Waals surface area contributed by atoms with E-state index < -0.39 is 29.0 Å². The molecule has 0 bridgehead atoms. The lowest BCUT2D eigenvalue weighted by atomic mass is 9.88. The number of ether oxygens (including phenoxy) is 1. The highest BCUT2D eigenvalue weighted by Gasteiger charge is 2.38. The zero-order valence-corrected chi connectivity index (χ0v) is 14.4. The standard InChI is InChI=1S/C19H16F3NO3/c1-10-6-11(4-5-13(10)18(24)25-3)16-9-19(2,26-23-16)12-7-14(20)17(22)15(21)8-12/h4-8H,9H2,1-3H3. The number of benzene rings is 2. The Labute approximate surface area is 148 Å². The van der Waals surface area contributed by atoms with Crippen LogP contribution >= 0.6 is 0 Å². The van der Waals surface area contributed by atoms with Gasteiger partial charge in [-0.05, 0) is 49.2 Å². The van der Waals surface area contributed by atoms with Crippen LogP contribution in [-0.4, -0.2) is 18.8 Å². The Balaban J connectivity index is 1.88. The van der Waals surface area contributed by atoms with Crippen LogP contribution < -0.4 is 0 Å². The van der Waals surface area contributed by atoms with E-state index in [1.54, 1.807) is 32.0 Å². The zero-order valence-electron chi connectivity index (χ0n) is 14.4. The molecule has 0 spiro atoms. The molecule has 4 nitrogen and oxygen atoms in total. The van der Waals surface area contributed by atoms with Crippen LogP contribution in [0.25, 0.3) is 0 Å². The quantitative estimate of drug-likeness (QED) is 0.605. The molecule has 0 aliphatic carbocycles. The first-order chi connectivity index (χ1) is 12.2. The van der Waals surface area contributed by atoms with Gasteiger partial charge in [0, 0.05) is 12.0 Å². The van der Waals surface area contributed by atoms with Crippen molar-refractivity contribution in [3.05, 3.63) is 70.0 Å². The summed E-state index contributed by atoms with van der Waals surface area (Å²) in [6.07, 6.45) is 0.231. The summed E-state index contributed by atoms with van der Waals surface area (Å²) in [5.41, 5.74) is 1.42. The van der Waals surface area contributed by atoms with Crippen LogP contribution in [0.1, 0.15) is 40.4 Å². The van der Waals surface area contributed by atoms with Crippen LogP contribution in [0.2, 0.25) is 0 Å². The van der Waals surface area contributed by atoms with E-state index in [4.69, 9.17) is 9.57 Å². The van der Waals surface area contributed by atoms with Crippen LogP contribution in [0, 0.1) is 24.4 Å². The second-order valence-electron chi connectivity index (χ2n) is 6.31.